The van der Waals surface area contributed by atoms with Gasteiger partial charge in [-0.15, -0.1) is 0 Å². The lowest BCUT2D eigenvalue weighted by atomic mass is 9.99. The molecule has 6 heteroatoms. The van der Waals surface area contributed by atoms with E-state index >= 15 is 0 Å². The Labute approximate surface area is 106 Å². The van der Waals surface area contributed by atoms with Crippen LogP contribution in [0, 0.1) is 5.92 Å². The van der Waals surface area contributed by atoms with Crippen LogP contribution >= 0.6 is 0 Å². The van der Waals surface area contributed by atoms with Gasteiger partial charge < -0.3 is 10.6 Å². The lowest BCUT2D eigenvalue weighted by molar-refractivity contribution is -0.149. The Hall–Kier alpha value is -1.43. The molecular weight excluding hydrogens is 234 g/mol. The fourth-order valence-electron chi connectivity index (χ4n) is 2.55. The molecular formula is C12H19N3O3. The average molecular weight is 253 g/mol. The quantitative estimate of drug-likeness (QED) is 0.635. The molecule has 0 radical (unpaired) electrons. The van der Waals surface area contributed by atoms with Crippen LogP contribution in [0.4, 0.5) is 0 Å². The first-order valence-electron chi connectivity index (χ1n) is 6.35. The summed E-state index contributed by atoms with van der Waals surface area (Å²) < 4.78 is 0. The summed E-state index contributed by atoms with van der Waals surface area (Å²) in [6.45, 7) is 2.80. The standard InChI is InChI=1S/C12H19N3O3/c1-7-8(5-6-13-7)11(17)14-9-3-4-10(16)15(2)12(9)18/h7-9,13H,3-6H2,1-2H3,(H,14,17). The lowest BCUT2D eigenvalue weighted by Crippen LogP contribution is -2.54. The fourth-order valence-corrected chi connectivity index (χ4v) is 2.55. The van der Waals surface area contributed by atoms with E-state index in [9.17, 15) is 14.4 Å². The SMILES string of the molecule is CC1NCCC1C(=O)NC1CCC(=O)N(C)C1=O. The molecule has 3 atom stereocenters. The van der Waals surface area contributed by atoms with Crippen LogP contribution in [-0.2, 0) is 14.4 Å². The summed E-state index contributed by atoms with van der Waals surface area (Å²) in [6.07, 6.45) is 1.51. The van der Waals surface area contributed by atoms with Crippen molar-refractivity contribution in [2.75, 3.05) is 13.6 Å². The van der Waals surface area contributed by atoms with E-state index in [0.717, 1.165) is 17.9 Å². The average Bonchev–Trinajstić information content (AvgIpc) is 2.76. The molecule has 0 aromatic heterocycles. The maximum atomic E-state index is 12.1. The summed E-state index contributed by atoms with van der Waals surface area (Å²) in [5, 5.41) is 5.97. The number of likely N-dealkylation sites (tertiary alicyclic amines) is 1. The number of amides is 3. The van der Waals surface area contributed by atoms with Gasteiger partial charge in [-0.2, -0.15) is 0 Å². The van der Waals surface area contributed by atoms with Gasteiger partial charge in [-0.1, -0.05) is 0 Å². The normalized spacial score (nSPS) is 32.8. The van der Waals surface area contributed by atoms with Crippen molar-refractivity contribution in [3.63, 3.8) is 0 Å². The van der Waals surface area contributed by atoms with Gasteiger partial charge in [0, 0.05) is 19.5 Å². The number of piperidine rings is 1. The maximum Gasteiger partial charge on any atom is 0.251 e. The van der Waals surface area contributed by atoms with Crippen LogP contribution in [-0.4, -0.2) is 48.3 Å². The van der Waals surface area contributed by atoms with Gasteiger partial charge in [0.1, 0.15) is 6.04 Å². The molecule has 0 saturated carbocycles. The Morgan fingerprint density at radius 1 is 1.39 bits per heavy atom. The number of nitrogens with one attached hydrogen (secondary N) is 2. The molecule has 18 heavy (non-hydrogen) atoms. The van der Waals surface area contributed by atoms with Gasteiger partial charge in [-0.3, -0.25) is 19.3 Å². The van der Waals surface area contributed by atoms with Crippen molar-refractivity contribution in [1.82, 2.24) is 15.5 Å². The van der Waals surface area contributed by atoms with Gasteiger partial charge in [0.25, 0.3) is 5.91 Å². The van der Waals surface area contributed by atoms with Gasteiger partial charge >= 0.3 is 0 Å². The minimum absolute atomic E-state index is 0.0827. The Balaban J connectivity index is 1.95. The van der Waals surface area contributed by atoms with Crippen LogP contribution in [0.3, 0.4) is 0 Å². The van der Waals surface area contributed by atoms with Crippen LogP contribution in [0.2, 0.25) is 0 Å². The highest BCUT2D eigenvalue weighted by Gasteiger charge is 2.36. The molecule has 0 bridgehead atoms. The van der Waals surface area contributed by atoms with E-state index < -0.39 is 6.04 Å². The van der Waals surface area contributed by atoms with Gasteiger partial charge in [-0.25, -0.2) is 0 Å². The van der Waals surface area contributed by atoms with E-state index in [1.54, 1.807) is 0 Å². The van der Waals surface area contributed by atoms with E-state index in [1.807, 2.05) is 6.92 Å². The molecule has 2 aliphatic rings. The molecule has 2 aliphatic heterocycles. The fraction of sp³-hybridized carbons (Fsp3) is 0.750. The molecule has 0 aliphatic carbocycles. The van der Waals surface area contributed by atoms with Crippen molar-refractivity contribution >= 4 is 17.7 Å². The molecule has 0 aromatic rings. The zero-order valence-corrected chi connectivity index (χ0v) is 10.7. The smallest absolute Gasteiger partial charge is 0.251 e. The number of carbonyl (C=O) groups excluding carboxylic acids is 3. The van der Waals surface area contributed by atoms with Crippen molar-refractivity contribution in [2.45, 2.75) is 38.3 Å². The third-order valence-corrected chi connectivity index (χ3v) is 3.83. The summed E-state index contributed by atoms with van der Waals surface area (Å²) in [4.78, 5) is 36.3. The van der Waals surface area contributed by atoms with Crippen molar-refractivity contribution in [3.8, 4) is 0 Å². The molecule has 0 spiro atoms. The topological polar surface area (TPSA) is 78.5 Å². The number of likely N-dealkylation sites (N-methyl/N-ethyl adjacent to an activating group) is 1. The lowest BCUT2D eigenvalue weighted by Gasteiger charge is -2.29. The Morgan fingerprint density at radius 2 is 2.11 bits per heavy atom. The first-order valence-corrected chi connectivity index (χ1v) is 6.35. The summed E-state index contributed by atoms with van der Waals surface area (Å²) in [5.41, 5.74) is 0. The van der Waals surface area contributed by atoms with E-state index in [-0.39, 0.29) is 29.7 Å². The van der Waals surface area contributed by atoms with Gasteiger partial charge in [0.05, 0.1) is 5.92 Å². The molecule has 0 aromatic carbocycles. The minimum atomic E-state index is -0.548. The molecule has 100 valence electrons. The third kappa shape index (κ3) is 2.38. The maximum absolute atomic E-state index is 12.1. The molecule has 2 heterocycles. The Bertz CT molecular complexity index is 383. The first kappa shape index (κ1) is 13.0. The summed E-state index contributed by atoms with van der Waals surface area (Å²) in [7, 11) is 1.46. The van der Waals surface area contributed by atoms with Crippen molar-refractivity contribution in [2.24, 2.45) is 5.92 Å². The largest absolute Gasteiger partial charge is 0.344 e. The van der Waals surface area contributed by atoms with Gasteiger partial charge in [0.2, 0.25) is 11.8 Å². The zero-order valence-electron chi connectivity index (χ0n) is 10.7. The second kappa shape index (κ2) is 5.06. The number of carbonyl (C=O) groups is 3. The molecule has 2 fully saturated rings. The van der Waals surface area contributed by atoms with E-state index in [4.69, 9.17) is 0 Å². The van der Waals surface area contributed by atoms with Crippen molar-refractivity contribution < 1.29 is 14.4 Å². The highest BCUT2D eigenvalue weighted by atomic mass is 16.2. The summed E-state index contributed by atoms with van der Waals surface area (Å²) in [5.74, 6) is -0.658. The number of imide groups is 1. The van der Waals surface area contributed by atoms with Crippen LogP contribution in [0.1, 0.15) is 26.2 Å². The van der Waals surface area contributed by atoms with Crippen LogP contribution < -0.4 is 10.6 Å². The van der Waals surface area contributed by atoms with Crippen molar-refractivity contribution in [1.29, 1.82) is 0 Å². The monoisotopic (exact) mass is 253 g/mol. The van der Waals surface area contributed by atoms with E-state index in [1.165, 1.54) is 7.05 Å². The second-order valence-corrected chi connectivity index (χ2v) is 5.03. The van der Waals surface area contributed by atoms with Crippen LogP contribution in [0.15, 0.2) is 0 Å². The second-order valence-electron chi connectivity index (χ2n) is 5.03. The number of rotatable bonds is 2. The predicted octanol–water partition coefficient (Wildman–Crippen LogP) is -0.752. The molecule has 2 saturated heterocycles. The first-order chi connectivity index (χ1) is 8.50. The van der Waals surface area contributed by atoms with Gasteiger partial charge in [0.15, 0.2) is 0 Å². The minimum Gasteiger partial charge on any atom is -0.344 e. The molecule has 3 unspecified atom stereocenters. The highest BCUT2D eigenvalue weighted by molar-refractivity contribution is 6.01. The zero-order chi connectivity index (χ0) is 13.3. The predicted molar refractivity (Wildman–Crippen MR) is 64.5 cm³/mol. The third-order valence-electron chi connectivity index (χ3n) is 3.83. The summed E-state index contributed by atoms with van der Waals surface area (Å²) >= 11 is 0. The number of nitrogens with zero attached hydrogens (tertiary/aromatic N) is 1. The van der Waals surface area contributed by atoms with E-state index in [2.05, 4.69) is 10.6 Å². The summed E-state index contributed by atoms with van der Waals surface area (Å²) in [6, 6.07) is -0.406. The Kier molecular flexibility index (Phi) is 3.65. The van der Waals surface area contributed by atoms with Gasteiger partial charge in [-0.05, 0) is 26.3 Å². The van der Waals surface area contributed by atoms with E-state index in [0.29, 0.717) is 12.8 Å². The number of hydrogen-bond donors (Lipinski definition) is 2. The Morgan fingerprint density at radius 3 is 2.72 bits per heavy atom. The number of hydrogen-bond acceptors (Lipinski definition) is 4. The highest BCUT2D eigenvalue weighted by Crippen LogP contribution is 2.17. The van der Waals surface area contributed by atoms with Crippen LogP contribution in [0.25, 0.3) is 0 Å². The molecule has 2 rings (SSSR count). The molecule has 2 N–H and O–H groups in total. The molecule has 3 amide bonds. The molecule has 6 nitrogen and oxygen atoms in total. The van der Waals surface area contributed by atoms with Crippen molar-refractivity contribution in [3.05, 3.63) is 0 Å². The van der Waals surface area contributed by atoms with Crippen LogP contribution in [0.5, 0.6) is 0 Å².